The van der Waals surface area contributed by atoms with Crippen LogP contribution in [0.25, 0.3) is 0 Å². The molecule has 1 heterocycles. The molecule has 34 heavy (non-hydrogen) atoms. The number of hydrogen-bond acceptors (Lipinski definition) is 9. The van der Waals surface area contributed by atoms with Gasteiger partial charge in [0.15, 0.2) is 0 Å². The smallest absolute Gasteiger partial charge is 0.407 e. The van der Waals surface area contributed by atoms with Crippen LogP contribution in [0.3, 0.4) is 0 Å². The van der Waals surface area contributed by atoms with E-state index in [-0.39, 0.29) is 18.4 Å². The zero-order valence-corrected chi connectivity index (χ0v) is 22.1. The van der Waals surface area contributed by atoms with Crippen molar-refractivity contribution >= 4 is 35.7 Å². The van der Waals surface area contributed by atoms with Gasteiger partial charge in [0.2, 0.25) is 5.91 Å². The van der Waals surface area contributed by atoms with Crippen molar-refractivity contribution in [1.82, 2.24) is 10.6 Å². The molecule has 196 valence electrons. The standard InChI is InChI=1S/C23H40N2O8S/c1-14-18(13-30-16(3)27)32-21(19(25-15(2)26)20(14)31-17(4)28)34-12-10-8-9-11-24-22(29)33-23(5,6)7/h14,18-21H,8-13H2,1-7H3,(H,24,29)(H,25,26)/t14-,18?,19?,20+,21-/m0/s1. The van der Waals surface area contributed by atoms with Gasteiger partial charge in [-0.15, -0.1) is 11.8 Å². The second kappa shape index (κ2) is 14.4. The van der Waals surface area contributed by atoms with Crippen molar-refractivity contribution in [3.8, 4) is 0 Å². The van der Waals surface area contributed by atoms with Crippen molar-refractivity contribution in [3.05, 3.63) is 0 Å². The van der Waals surface area contributed by atoms with Crippen LogP contribution in [0.2, 0.25) is 0 Å². The molecule has 0 aromatic carbocycles. The largest absolute Gasteiger partial charge is 0.463 e. The molecule has 11 heteroatoms. The Bertz CT molecular complexity index is 697. The summed E-state index contributed by atoms with van der Waals surface area (Å²) in [6.45, 7) is 11.9. The Labute approximate surface area is 206 Å². The first-order chi connectivity index (χ1) is 15.8. The highest BCUT2D eigenvalue weighted by atomic mass is 32.2. The SMILES string of the molecule is CC(=O)NC1[C@H](SCCCCCNC(=O)OC(C)(C)C)OC(COC(C)=O)[C@H](C)[C@H]1OC(C)=O. The van der Waals surface area contributed by atoms with Gasteiger partial charge in [0, 0.05) is 33.2 Å². The van der Waals surface area contributed by atoms with E-state index in [0.29, 0.717) is 6.54 Å². The number of amides is 2. The van der Waals surface area contributed by atoms with Crippen molar-refractivity contribution in [2.75, 3.05) is 18.9 Å². The molecule has 1 rings (SSSR count). The topological polar surface area (TPSA) is 129 Å². The van der Waals surface area contributed by atoms with E-state index in [4.69, 9.17) is 18.9 Å². The Morgan fingerprint density at radius 2 is 1.68 bits per heavy atom. The molecule has 0 saturated carbocycles. The molecule has 10 nitrogen and oxygen atoms in total. The number of hydrogen-bond donors (Lipinski definition) is 2. The number of carbonyl (C=O) groups excluding carboxylic acids is 4. The predicted octanol–water partition coefficient (Wildman–Crippen LogP) is 2.78. The molecule has 1 aliphatic heterocycles. The van der Waals surface area contributed by atoms with E-state index >= 15 is 0 Å². The fraction of sp³-hybridized carbons (Fsp3) is 0.826. The summed E-state index contributed by atoms with van der Waals surface area (Å²) in [5.74, 6) is -0.699. The van der Waals surface area contributed by atoms with Gasteiger partial charge in [-0.25, -0.2) is 4.79 Å². The van der Waals surface area contributed by atoms with Crippen LogP contribution < -0.4 is 10.6 Å². The van der Waals surface area contributed by atoms with Crippen LogP contribution in [0.4, 0.5) is 4.79 Å². The van der Waals surface area contributed by atoms with Crippen molar-refractivity contribution in [2.24, 2.45) is 5.92 Å². The zero-order valence-electron chi connectivity index (χ0n) is 21.3. The Morgan fingerprint density at radius 3 is 2.24 bits per heavy atom. The molecule has 2 unspecified atom stereocenters. The fourth-order valence-electron chi connectivity index (χ4n) is 3.47. The van der Waals surface area contributed by atoms with Gasteiger partial charge in [0.1, 0.15) is 29.8 Å². The van der Waals surface area contributed by atoms with Crippen LogP contribution in [0.15, 0.2) is 0 Å². The van der Waals surface area contributed by atoms with E-state index in [1.165, 1.54) is 32.5 Å². The van der Waals surface area contributed by atoms with E-state index in [1.807, 2.05) is 27.7 Å². The van der Waals surface area contributed by atoms with Gasteiger partial charge in [0.25, 0.3) is 0 Å². The van der Waals surface area contributed by atoms with E-state index in [2.05, 4.69) is 10.6 Å². The number of alkyl carbamates (subject to hydrolysis) is 1. The van der Waals surface area contributed by atoms with Gasteiger partial charge < -0.3 is 29.6 Å². The lowest BCUT2D eigenvalue weighted by atomic mass is 9.89. The van der Waals surface area contributed by atoms with E-state index < -0.39 is 47.3 Å². The summed E-state index contributed by atoms with van der Waals surface area (Å²) >= 11 is 1.51. The minimum atomic E-state index is -0.619. The molecule has 2 N–H and O–H groups in total. The predicted molar refractivity (Wildman–Crippen MR) is 128 cm³/mol. The third-order valence-electron chi connectivity index (χ3n) is 4.96. The van der Waals surface area contributed by atoms with Crippen molar-refractivity contribution in [1.29, 1.82) is 0 Å². The van der Waals surface area contributed by atoms with Crippen LogP contribution in [0.5, 0.6) is 0 Å². The summed E-state index contributed by atoms with van der Waals surface area (Å²) in [6, 6.07) is -0.538. The van der Waals surface area contributed by atoms with E-state index in [1.54, 1.807) is 0 Å². The second-order valence-electron chi connectivity index (χ2n) is 9.37. The molecule has 0 spiro atoms. The highest BCUT2D eigenvalue weighted by Crippen LogP contribution is 2.34. The summed E-state index contributed by atoms with van der Waals surface area (Å²) in [5.41, 5.74) is -1.01. The third-order valence-corrected chi connectivity index (χ3v) is 6.21. The van der Waals surface area contributed by atoms with E-state index in [0.717, 1.165) is 25.0 Å². The van der Waals surface area contributed by atoms with Gasteiger partial charge in [0.05, 0.1) is 6.10 Å². The number of esters is 2. The van der Waals surface area contributed by atoms with Crippen LogP contribution in [0.1, 0.15) is 67.7 Å². The number of unbranched alkanes of at least 4 members (excludes halogenated alkanes) is 2. The van der Waals surface area contributed by atoms with Crippen LogP contribution in [-0.2, 0) is 33.3 Å². The second-order valence-corrected chi connectivity index (χ2v) is 10.6. The molecule has 1 aliphatic rings. The summed E-state index contributed by atoms with van der Waals surface area (Å²) in [5, 5.41) is 5.60. The fourth-order valence-corrected chi connectivity index (χ4v) is 4.73. The Morgan fingerprint density at radius 1 is 1.00 bits per heavy atom. The molecule has 2 amide bonds. The number of rotatable bonds is 11. The summed E-state index contributed by atoms with van der Waals surface area (Å²) in [7, 11) is 0. The lowest BCUT2D eigenvalue weighted by Gasteiger charge is -2.44. The summed E-state index contributed by atoms with van der Waals surface area (Å²) in [4.78, 5) is 46.6. The summed E-state index contributed by atoms with van der Waals surface area (Å²) in [6.07, 6.45) is 0.999. The average molecular weight is 505 g/mol. The Balaban J connectivity index is 2.64. The van der Waals surface area contributed by atoms with Gasteiger partial charge in [-0.05, 0) is 39.4 Å². The molecule has 0 aromatic heterocycles. The molecular weight excluding hydrogens is 464 g/mol. The first-order valence-electron chi connectivity index (χ1n) is 11.6. The normalized spacial score (nSPS) is 24.6. The van der Waals surface area contributed by atoms with Gasteiger partial charge >= 0.3 is 18.0 Å². The lowest BCUT2D eigenvalue weighted by Crippen LogP contribution is -2.61. The monoisotopic (exact) mass is 504 g/mol. The molecule has 0 bridgehead atoms. The number of ether oxygens (including phenoxy) is 4. The van der Waals surface area contributed by atoms with Gasteiger partial charge in [-0.2, -0.15) is 0 Å². The maximum Gasteiger partial charge on any atom is 0.407 e. The minimum Gasteiger partial charge on any atom is -0.463 e. The Hall–Kier alpha value is -2.01. The lowest BCUT2D eigenvalue weighted by molar-refractivity contribution is -0.180. The molecule has 0 aliphatic carbocycles. The van der Waals surface area contributed by atoms with Gasteiger partial charge in [-0.1, -0.05) is 13.3 Å². The number of thioether (sulfide) groups is 1. The maximum atomic E-state index is 11.9. The molecule has 1 fully saturated rings. The minimum absolute atomic E-state index is 0.0362. The van der Waals surface area contributed by atoms with E-state index in [9.17, 15) is 19.2 Å². The van der Waals surface area contributed by atoms with Gasteiger partial charge in [-0.3, -0.25) is 14.4 Å². The highest BCUT2D eigenvalue weighted by molar-refractivity contribution is 7.99. The molecule has 1 saturated heterocycles. The average Bonchev–Trinajstić information content (AvgIpc) is 2.68. The molecule has 0 radical (unpaired) electrons. The molecule has 0 aromatic rings. The molecule has 5 atom stereocenters. The Kier molecular flexibility index (Phi) is 12.7. The highest BCUT2D eigenvalue weighted by Gasteiger charge is 2.46. The third kappa shape index (κ3) is 11.9. The molecular formula is C23H40N2O8S. The van der Waals surface area contributed by atoms with Crippen LogP contribution in [-0.4, -0.2) is 72.1 Å². The quantitative estimate of drug-likeness (QED) is 0.248. The first kappa shape index (κ1) is 30.0. The van der Waals surface area contributed by atoms with Crippen molar-refractivity contribution < 1.29 is 38.1 Å². The first-order valence-corrected chi connectivity index (χ1v) is 12.7. The van der Waals surface area contributed by atoms with Crippen molar-refractivity contribution in [2.45, 2.75) is 97.0 Å². The number of carbonyl (C=O) groups is 4. The summed E-state index contributed by atoms with van der Waals surface area (Å²) < 4.78 is 22.1. The van der Waals surface area contributed by atoms with Crippen molar-refractivity contribution in [3.63, 3.8) is 0 Å². The van der Waals surface area contributed by atoms with Crippen LogP contribution >= 0.6 is 11.8 Å². The zero-order chi connectivity index (χ0) is 25.9. The maximum absolute atomic E-state index is 11.9. The van der Waals surface area contributed by atoms with Crippen LogP contribution in [0, 0.1) is 5.92 Å². The number of nitrogens with one attached hydrogen (secondary N) is 2.